The number of rotatable bonds is 4. The Morgan fingerprint density at radius 1 is 1.08 bits per heavy atom. The van der Waals surface area contributed by atoms with Crippen LogP contribution in [0.5, 0.6) is 0 Å². The summed E-state index contributed by atoms with van der Waals surface area (Å²) in [6.07, 6.45) is 0.645. The summed E-state index contributed by atoms with van der Waals surface area (Å²) in [7, 11) is 0.938. The molecule has 128 valence electrons. The molecule has 1 unspecified atom stereocenters. The monoisotopic (exact) mass is 346 g/mol. The maximum absolute atomic E-state index is 11.7. The van der Waals surface area contributed by atoms with E-state index in [4.69, 9.17) is 0 Å². The van der Waals surface area contributed by atoms with Crippen molar-refractivity contribution in [3.8, 4) is 0 Å². The van der Waals surface area contributed by atoms with Gasteiger partial charge in [-0.2, -0.15) is 0 Å². The first-order chi connectivity index (χ1) is 11.4. The Morgan fingerprint density at radius 3 is 2.38 bits per heavy atom. The maximum Gasteiger partial charge on any atom is 0.152 e. The predicted molar refractivity (Wildman–Crippen MR) is 96.7 cm³/mol. The molecule has 0 spiro atoms. The van der Waals surface area contributed by atoms with Gasteiger partial charge in [-0.1, -0.05) is 18.2 Å². The smallest absolute Gasteiger partial charge is 0.152 e. The van der Waals surface area contributed by atoms with E-state index < -0.39 is 9.84 Å². The van der Waals surface area contributed by atoms with Crippen LogP contribution in [0.1, 0.15) is 12.2 Å². The fraction of sp³-hybridized carbons (Fsp3) is 0.412. The molecule has 0 saturated carbocycles. The molecule has 2 aromatic rings. The summed E-state index contributed by atoms with van der Waals surface area (Å²) in [5.74, 6) is 2.65. The number of anilines is 3. The van der Waals surface area contributed by atoms with E-state index in [2.05, 4.69) is 9.97 Å². The molecule has 1 fully saturated rings. The van der Waals surface area contributed by atoms with Crippen LogP contribution in [0.15, 0.2) is 36.4 Å². The third kappa shape index (κ3) is 3.51. The summed E-state index contributed by atoms with van der Waals surface area (Å²) >= 11 is 0. The zero-order valence-corrected chi connectivity index (χ0v) is 15.0. The van der Waals surface area contributed by atoms with Gasteiger partial charge < -0.3 is 9.80 Å². The summed E-state index contributed by atoms with van der Waals surface area (Å²) in [5, 5.41) is 0. The lowest BCUT2D eigenvalue weighted by molar-refractivity contribution is 0.600. The Bertz CT molecular complexity index is 824. The molecule has 6 nitrogen and oxygen atoms in total. The molecule has 1 aliphatic rings. The second-order valence-electron chi connectivity index (χ2n) is 6.19. The quantitative estimate of drug-likeness (QED) is 0.845. The third-order valence-electron chi connectivity index (χ3n) is 4.42. The summed E-state index contributed by atoms with van der Waals surface area (Å²) < 4.78 is 23.5. The van der Waals surface area contributed by atoms with Gasteiger partial charge in [-0.3, -0.25) is 0 Å². The highest BCUT2D eigenvalue weighted by Gasteiger charge is 2.31. The number of aromatic nitrogens is 2. The normalized spacial score (nSPS) is 19.2. The summed E-state index contributed by atoms with van der Waals surface area (Å²) in [5.41, 5.74) is 1.03. The Morgan fingerprint density at radius 2 is 1.75 bits per heavy atom. The zero-order chi connectivity index (χ0) is 17.3. The first-order valence-electron chi connectivity index (χ1n) is 7.93. The average Bonchev–Trinajstić information content (AvgIpc) is 2.93. The van der Waals surface area contributed by atoms with Crippen molar-refractivity contribution in [3.63, 3.8) is 0 Å². The minimum atomic E-state index is -2.92. The Labute approximate surface area is 143 Å². The molecule has 1 atom stereocenters. The molecule has 1 aliphatic heterocycles. The van der Waals surface area contributed by atoms with Crippen LogP contribution in [-0.2, 0) is 9.84 Å². The van der Waals surface area contributed by atoms with Gasteiger partial charge in [0.1, 0.15) is 17.5 Å². The van der Waals surface area contributed by atoms with Gasteiger partial charge in [-0.25, -0.2) is 18.4 Å². The minimum Gasteiger partial charge on any atom is -0.355 e. The van der Waals surface area contributed by atoms with Crippen molar-refractivity contribution in [1.82, 2.24) is 9.97 Å². The minimum absolute atomic E-state index is 0.0285. The van der Waals surface area contributed by atoms with Crippen LogP contribution in [0.2, 0.25) is 0 Å². The van der Waals surface area contributed by atoms with E-state index in [1.165, 1.54) is 0 Å². The van der Waals surface area contributed by atoms with Crippen molar-refractivity contribution >= 4 is 27.2 Å². The lowest BCUT2D eigenvalue weighted by Crippen LogP contribution is -2.33. The van der Waals surface area contributed by atoms with Crippen LogP contribution in [0.3, 0.4) is 0 Å². The number of nitrogens with zero attached hydrogens (tertiary/aromatic N) is 4. The van der Waals surface area contributed by atoms with Gasteiger partial charge in [-0.05, 0) is 25.5 Å². The van der Waals surface area contributed by atoms with Crippen LogP contribution in [0.4, 0.5) is 17.3 Å². The molecule has 7 heteroatoms. The molecule has 0 N–H and O–H groups in total. The highest BCUT2D eigenvalue weighted by molar-refractivity contribution is 7.91. The van der Waals surface area contributed by atoms with Gasteiger partial charge in [0.25, 0.3) is 0 Å². The van der Waals surface area contributed by atoms with Crippen molar-refractivity contribution in [2.75, 3.05) is 35.4 Å². The molecule has 0 aliphatic carbocycles. The standard InChI is InChI=1S/C17H22N4O2S/c1-13-18-16(20(2)14-7-5-4-6-8-14)11-17(19-13)21(3)15-9-10-24(22,23)12-15/h4-8,11,15H,9-10,12H2,1-3H3. The van der Waals surface area contributed by atoms with Gasteiger partial charge in [0.05, 0.1) is 11.5 Å². The van der Waals surface area contributed by atoms with Crippen LogP contribution in [0.25, 0.3) is 0 Å². The average molecular weight is 346 g/mol. The van der Waals surface area contributed by atoms with E-state index in [1.807, 2.05) is 67.2 Å². The SMILES string of the molecule is Cc1nc(N(C)c2ccccc2)cc(N(C)C2CCS(=O)(=O)C2)n1. The molecular formula is C17H22N4O2S. The van der Waals surface area contributed by atoms with Crippen LogP contribution in [-0.4, -0.2) is 50.0 Å². The van der Waals surface area contributed by atoms with E-state index in [-0.39, 0.29) is 17.5 Å². The summed E-state index contributed by atoms with van der Waals surface area (Å²) in [4.78, 5) is 13.0. The molecule has 2 heterocycles. The van der Waals surface area contributed by atoms with Crippen LogP contribution < -0.4 is 9.80 Å². The Balaban J connectivity index is 1.89. The Hall–Kier alpha value is -2.15. The number of aryl methyl sites for hydroxylation is 1. The molecule has 0 amide bonds. The van der Waals surface area contributed by atoms with Crippen molar-refractivity contribution in [3.05, 3.63) is 42.2 Å². The van der Waals surface area contributed by atoms with Crippen molar-refractivity contribution in [1.29, 1.82) is 0 Å². The highest BCUT2D eigenvalue weighted by Crippen LogP contribution is 2.27. The molecule has 1 aromatic carbocycles. The van der Waals surface area contributed by atoms with Gasteiger partial charge in [0, 0.05) is 31.9 Å². The van der Waals surface area contributed by atoms with E-state index in [9.17, 15) is 8.42 Å². The molecule has 3 rings (SSSR count). The van der Waals surface area contributed by atoms with E-state index in [1.54, 1.807) is 0 Å². The van der Waals surface area contributed by atoms with E-state index in [0.717, 1.165) is 17.3 Å². The predicted octanol–water partition coefficient (Wildman–Crippen LogP) is 2.18. The number of hydrogen-bond acceptors (Lipinski definition) is 6. The fourth-order valence-corrected chi connectivity index (χ4v) is 4.72. The van der Waals surface area contributed by atoms with Crippen molar-refractivity contribution < 1.29 is 8.42 Å². The summed E-state index contributed by atoms with van der Waals surface area (Å²) in [6, 6.07) is 11.9. The van der Waals surface area contributed by atoms with Gasteiger partial charge in [0.2, 0.25) is 0 Å². The topological polar surface area (TPSA) is 66.4 Å². The lowest BCUT2D eigenvalue weighted by Gasteiger charge is -2.26. The van der Waals surface area contributed by atoms with Gasteiger partial charge in [-0.15, -0.1) is 0 Å². The number of hydrogen-bond donors (Lipinski definition) is 0. The Kier molecular flexibility index (Phi) is 4.45. The summed E-state index contributed by atoms with van der Waals surface area (Å²) in [6.45, 7) is 1.85. The van der Waals surface area contributed by atoms with Crippen LogP contribution >= 0.6 is 0 Å². The number of sulfone groups is 1. The first kappa shape index (κ1) is 16.7. The fourth-order valence-electron chi connectivity index (χ4n) is 2.94. The molecule has 0 radical (unpaired) electrons. The molecule has 1 aromatic heterocycles. The first-order valence-corrected chi connectivity index (χ1v) is 9.75. The second-order valence-corrected chi connectivity index (χ2v) is 8.42. The van der Waals surface area contributed by atoms with Gasteiger partial charge in [0.15, 0.2) is 9.84 Å². The van der Waals surface area contributed by atoms with Gasteiger partial charge >= 0.3 is 0 Å². The van der Waals surface area contributed by atoms with Crippen LogP contribution in [0, 0.1) is 6.92 Å². The molecule has 24 heavy (non-hydrogen) atoms. The third-order valence-corrected chi connectivity index (χ3v) is 6.17. The van der Waals surface area contributed by atoms with E-state index >= 15 is 0 Å². The maximum atomic E-state index is 11.7. The van der Waals surface area contributed by atoms with Crippen molar-refractivity contribution in [2.24, 2.45) is 0 Å². The second kappa shape index (κ2) is 6.39. The largest absolute Gasteiger partial charge is 0.355 e. The highest BCUT2D eigenvalue weighted by atomic mass is 32.2. The number of benzene rings is 1. The zero-order valence-electron chi connectivity index (χ0n) is 14.2. The molecule has 0 bridgehead atoms. The molecular weight excluding hydrogens is 324 g/mol. The lowest BCUT2D eigenvalue weighted by atomic mass is 10.2. The van der Waals surface area contributed by atoms with Crippen molar-refractivity contribution in [2.45, 2.75) is 19.4 Å². The molecule has 1 saturated heterocycles. The number of para-hydroxylation sites is 1. The van der Waals surface area contributed by atoms with E-state index in [0.29, 0.717) is 12.2 Å².